The van der Waals surface area contributed by atoms with Crippen molar-refractivity contribution in [2.45, 2.75) is 6.18 Å². The molecule has 3 aromatic rings. The molecule has 0 saturated carbocycles. The number of alkyl halides is 3. The van der Waals surface area contributed by atoms with Gasteiger partial charge in [0.25, 0.3) is 11.4 Å². The highest BCUT2D eigenvalue weighted by Gasteiger charge is 2.30. The summed E-state index contributed by atoms with van der Waals surface area (Å²) in [4.78, 5) is 21.1. The highest BCUT2D eigenvalue weighted by molar-refractivity contribution is 7.22. The summed E-state index contributed by atoms with van der Waals surface area (Å²) in [5.41, 5.74) is -1.20. The van der Waals surface area contributed by atoms with Crippen LogP contribution in [0.5, 0.6) is 0 Å². The van der Waals surface area contributed by atoms with E-state index >= 15 is 0 Å². The first-order chi connectivity index (χ1) is 11.7. The molecule has 0 aliphatic rings. The van der Waals surface area contributed by atoms with Gasteiger partial charge in [-0.2, -0.15) is 13.2 Å². The van der Waals surface area contributed by atoms with Crippen LogP contribution in [0.15, 0.2) is 42.5 Å². The second-order valence-electron chi connectivity index (χ2n) is 5.08. The molecule has 0 amide bonds. The van der Waals surface area contributed by atoms with Crippen LogP contribution >= 0.6 is 11.3 Å². The normalized spacial score (nSPS) is 11.6. The molecule has 128 valence electrons. The summed E-state index contributed by atoms with van der Waals surface area (Å²) in [6, 6.07) is 7.87. The Labute approximate surface area is 141 Å². The molecule has 0 N–H and O–H groups in total. The lowest BCUT2D eigenvalue weighted by atomic mass is 10.1. The van der Waals surface area contributed by atoms with Crippen LogP contribution < -0.4 is 0 Å². The third-order valence-corrected chi connectivity index (χ3v) is 4.64. The van der Waals surface area contributed by atoms with Crippen LogP contribution in [0, 0.1) is 20.2 Å². The largest absolute Gasteiger partial charge is 0.416 e. The number of fused-ring (bicyclic) bond motifs is 1. The van der Waals surface area contributed by atoms with Crippen molar-refractivity contribution in [3.63, 3.8) is 0 Å². The third-order valence-electron chi connectivity index (χ3n) is 3.50. The molecule has 25 heavy (non-hydrogen) atoms. The second kappa shape index (κ2) is 5.81. The predicted octanol–water partition coefficient (Wildman–Crippen LogP) is 5.40. The van der Waals surface area contributed by atoms with Crippen molar-refractivity contribution < 1.29 is 23.0 Å². The van der Waals surface area contributed by atoms with Crippen molar-refractivity contribution in [3.8, 4) is 10.4 Å². The zero-order chi connectivity index (χ0) is 18.4. The number of nitro groups is 2. The molecule has 0 aliphatic heterocycles. The Morgan fingerprint density at radius 3 is 2.08 bits per heavy atom. The molecule has 0 bridgehead atoms. The van der Waals surface area contributed by atoms with E-state index in [0.29, 0.717) is 15.1 Å². The van der Waals surface area contributed by atoms with Gasteiger partial charge in [-0.1, -0.05) is 12.1 Å². The van der Waals surface area contributed by atoms with Gasteiger partial charge in [0.1, 0.15) is 0 Å². The van der Waals surface area contributed by atoms with Crippen LogP contribution in [0.3, 0.4) is 0 Å². The van der Waals surface area contributed by atoms with Gasteiger partial charge in [0.05, 0.1) is 26.9 Å². The number of halogens is 3. The SMILES string of the molecule is O=[N+]([O-])c1cc([N+](=O)[O-])c2cc(-c3ccc(C(F)(F)F)cc3)sc2c1. The second-order valence-corrected chi connectivity index (χ2v) is 6.16. The lowest BCUT2D eigenvalue weighted by Gasteiger charge is -2.06. The van der Waals surface area contributed by atoms with E-state index in [4.69, 9.17) is 0 Å². The van der Waals surface area contributed by atoms with Gasteiger partial charge in [0.2, 0.25) is 0 Å². The fourth-order valence-corrected chi connectivity index (χ4v) is 3.45. The van der Waals surface area contributed by atoms with E-state index in [1.807, 2.05) is 0 Å². The summed E-state index contributed by atoms with van der Waals surface area (Å²) < 4.78 is 38.2. The van der Waals surface area contributed by atoms with Crippen molar-refractivity contribution in [2.75, 3.05) is 0 Å². The van der Waals surface area contributed by atoms with Crippen LogP contribution in [0.25, 0.3) is 20.5 Å². The van der Waals surface area contributed by atoms with Gasteiger partial charge in [-0.3, -0.25) is 20.2 Å². The van der Waals surface area contributed by atoms with Crippen LogP contribution in [-0.2, 0) is 6.18 Å². The number of hydrogen-bond donors (Lipinski definition) is 0. The topological polar surface area (TPSA) is 86.3 Å². The average molecular weight is 368 g/mol. The average Bonchev–Trinajstić information content (AvgIpc) is 2.96. The molecule has 0 radical (unpaired) electrons. The number of hydrogen-bond acceptors (Lipinski definition) is 5. The van der Waals surface area contributed by atoms with Gasteiger partial charge < -0.3 is 0 Å². The van der Waals surface area contributed by atoms with Crippen LogP contribution in [0.1, 0.15) is 5.56 Å². The maximum atomic E-state index is 12.6. The Balaban J connectivity index is 2.14. The van der Waals surface area contributed by atoms with Gasteiger partial charge >= 0.3 is 6.18 Å². The fraction of sp³-hybridized carbons (Fsp3) is 0.0667. The maximum Gasteiger partial charge on any atom is 0.416 e. The van der Waals surface area contributed by atoms with E-state index in [2.05, 4.69) is 0 Å². The lowest BCUT2D eigenvalue weighted by Crippen LogP contribution is -2.03. The predicted molar refractivity (Wildman–Crippen MR) is 85.6 cm³/mol. The number of rotatable bonds is 3. The molecule has 0 unspecified atom stereocenters. The van der Waals surface area contributed by atoms with Crippen LogP contribution in [0.2, 0.25) is 0 Å². The van der Waals surface area contributed by atoms with E-state index in [9.17, 15) is 33.4 Å². The smallest absolute Gasteiger partial charge is 0.258 e. The minimum absolute atomic E-state index is 0.204. The van der Waals surface area contributed by atoms with Crippen molar-refractivity contribution in [1.29, 1.82) is 0 Å². The molecule has 0 atom stereocenters. The van der Waals surface area contributed by atoms with Crippen LogP contribution in [-0.4, -0.2) is 9.85 Å². The van der Waals surface area contributed by atoms with E-state index in [0.717, 1.165) is 29.5 Å². The Morgan fingerprint density at radius 2 is 1.56 bits per heavy atom. The van der Waals surface area contributed by atoms with Crippen molar-refractivity contribution in [2.24, 2.45) is 0 Å². The van der Waals surface area contributed by atoms with Crippen molar-refractivity contribution in [3.05, 3.63) is 68.3 Å². The number of benzene rings is 2. The molecule has 1 heterocycles. The highest BCUT2D eigenvalue weighted by Crippen LogP contribution is 2.41. The standard InChI is InChI=1S/C15H7F3N2O4S/c16-15(17,18)9-3-1-8(2-4-9)13-7-11-12(20(23)24)5-10(19(21)22)6-14(11)25-13/h1-7H. The maximum absolute atomic E-state index is 12.6. The Morgan fingerprint density at radius 1 is 0.920 bits per heavy atom. The quantitative estimate of drug-likeness (QED) is 0.457. The molecular formula is C15H7F3N2O4S. The van der Waals surface area contributed by atoms with Crippen molar-refractivity contribution in [1.82, 2.24) is 0 Å². The first-order valence-electron chi connectivity index (χ1n) is 6.71. The lowest BCUT2D eigenvalue weighted by molar-refractivity contribution is -0.393. The first-order valence-corrected chi connectivity index (χ1v) is 7.52. The molecule has 6 nitrogen and oxygen atoms in total. The summed E-state index contributed by atoms with van der Waals surface area (Å²) in [7, 11) is 0. The van der Waals surface area contributed by atoms with E-state index in [1.165, 1.54) is 24.3 Å². The molecule has 0 fully saturated rings. The molecule has 2 aromatic carbocycles. The molecule has 3 rings (SSSR count). The molecule has 10 heteroatoms. The van der Waals surface area contributed by atoms with Gasteiger partial charge in [-0.05, 0) is 23.8 Å². The summed E-state index contributed by atoms with van der Waals surface area (Å²) in [5.74, 6) is 0. The number of nitrogens with zero attached hydrogens (tertiary/aromatic N) is 2. The summed E-state index contributed by atoms with van der Waals surface area (Å²) >= 11 is 1.04. The van der Waals surface area contributed by atoms with Gasteiger partial charge in [-0.15, -0.1) is 11.3 Å². The Bertz CT molecular complexity index is 996. The summed E-state index contributed by atoms with van der Waals surface area (Å²) in [5, 5.41) is 22.3. The van der Waals surface area contributed by atoms with Crippen LogP contribution in [0.4, 0.5) is 24.5 Å². The molecular weight excluding hydrogens is 361 g/mol. The zero-order valence-corrected chi connectivity index (χ0v) is 12.9. The zero-order valence-electron chi connectivity index (χ0n) is 12.1. The number of thiophene rings is 1. The number of nitro benzene ring substituents is 2. The number of non-ortho nitro benzene ring substituents is 2. The minimum atomic E-state index is -4.46. The van der Waals surface area contributed by atoms with Crippen molar-refractivity contribution >= 4 is 32.8 Å². The first kappa shape index (κ1) is 16.8. The molecule has 0 aliphatic carbocycles. The Kier molecular flexibility index (Phi) is 3.91. The molecule has 1 aromatic heterocycles. The summed E-state index contributed by atoms with van der Waals surface area (Å²) in [6.45, 7) is 0. The van der Waals surface area contributed by atoms with E-state index < -0.39 is 33.0 Å². The Hall–Kier alpha value is -3.01. The summed E-state index contributed by atoms with van der Waals surface area (Å²) in [6.07, 6.45) is -4.46. The van der Waals surface area contributed by atoms with Gasteiger partial charge in [0.15, 0.2) is 0 Å². The molecule has 0 spiro atoms. The fourth-order valence-electron chi connectivity index (χ4n) is 2.33. The van der Waals surface area contributed by atoms with Gasteiger partial charge in [-0.25, -0.2) is 0 Å². The minimum Gasteiger partial charge on any atom is -0.258 e. The third kappa shape index (κ3) is 3.15. The van der Waals surface area contributed by atoms with Gasteiger partial charge in [0, 0.05) is 15.6 Å². The van der Waals surface area contributed by atoms with E-state index in [-0.39, 0.29) is 5.39 Å². The highest BCUT2D eigenvalue weighted by atomic mass is 32.1. The monoisotopic (exact) mass is 368 g/mol. The molecule has 0 saturated heterocycles. The van der Waals surface area contributed by atoms with E-state index in [1.54, 1.807) is 0 Å².